The third kappa shape index (κ3) is 3.84. The van der Waals surface area contributed by atoms with Crippen LogP contribution < -0.4 is 10.1 Å². The molecule has 0 aliphatic rings. The first-order chi connectivity index (χ1) is 9.58. The molecule has 0 aliphatic heterocycles. The molecule has 0 saturated carbocycles. The van der Waals surface area contributed by atoms with Gasteiger partial charge in [-0.05, 0) is 42.3 Å². The Kier molecular flexibility index (Phi) is 4.79. The fourth-order valence-corrected chi connectivity index (χ4v) is 2.18. The van der Waals surface area contributed by atoms with Crippen LogP contribution in [0.3, 0.4) is 0 Å². The minimum atomic E-state index is -0.0362. The molecule has 20 heavy (non-hydrogen) atoms. The van der Waals surface area contributed by atoms with E-state index in [1.807, 2.05) is 49.4 Å². The summed E-state index contributed by atoms with van der Waals surface area (Å²) in [4.78, 5) is 12.0. The van der Waals surface area contributed by atoms with Gasteiger partial charge < -0.3 is 10.1 Å². The van der Waals surface area contributed by atoms with Crippen LogP contribution in [0.4, 0.5) is 5.69 Å². The van der Waals surface area contributed by atoms with E-state index in [4.69, 9.17) is 4.74 Å². The summed E-state index contributed by atoms with van der Waals surface area (Å²) in [6.45, 7) is 2.01. The average molecular weight is 334 g/mol. The van der Waals surface area contributed by atoms with Crippen LogP contribution in [0.5, 0.6) is 5.75 Å². The zero-order valence-electron chi connectivity index (χ0n) is 11.4. The highest BCUT2D eigenvalue weighted by atomic mass is 79.9. The number of ether oxygens (including phenoxy) is 1. The van der Waals surface area contributed by atoms with Crippen molar-refractivity contribution in [3.05, 3.63) is 58.1 Å². The standard InChI is InChI=1S/C16H16BrNO2/c1-11-3-6-13(10-15(11)17)18-16(19)9-12-4-7-14(20-2)8-5-12/h3-8,10H,9H2,1-2H3,(H,18,19). The van der Waals surface area contributed by atoms with Gasteiger partial charge in [0.25, 0.3) is 0 Å². The molecule has 0 aromatic heterocycles. The number of rotatable bonds is 4. The van der Waals surface area contributed by atoms with Crippen molar-refractivity contribution in [2.24, 2.45) is 0 Å². The number of carbonyl (C=O) groups is 1. The topological polar surface area (TPSA) is 38.3 Å². The summed E-state index contributed by atoms with van der Waals surface area (Å²) in [5, 5.41) is 2.89. The van der Waals surface area contributed by atoms with Gasteiger partial charge in [-0.1, -0.05) is 34.1 Å². The van der Waals surface area contributed by atoms with Gasteiger partial charge in [0.05, 0.1) is 13.5 Å². The molecule has 0 aliphatic carbocycles. The highest BCUT2D eigenvalue weighted by Gasteiger charge is 2.05. The molecule has 4 heteroatoms. The van der Waals surface area contributed by atoms with Gasteiger partial charge in [0, 0.05) is 10.2 Å². The number of hydrogen-bond acceptors (Lipinski definition) is 2. The molecule has 0 atom stereocenters. The van der Waals surface area contributed by atoms with Crippen molar-refractivity contribution in [3.63, 3.8) is 0 Å². The van der Waals surface area contributed by atoms with E-state index in [1.54, 1.807) is 7.11 Å². The molecule has 0 fully saturated rings. The smallest absolute Gasteiger partial charge is 0.228 e. The van der Waals surface area contributed by atoms with Gasteiger partial charge in [-0.2, -0.15) is 0 Å². The number of nitrogens with one attached hydrogen (secondary N) is 1. The van der Waals surface area contributed by atoms with E-state index in [9.17, 15) is 4.79 Å². The molecule has 0 unspecified atom stereocenters. The summed E-state index contributed by atoms with van der Waals surface area (Å²) in [7, 11) is 1.62. The van der Waals surface area contributed by atoms with Crippen molar-refractivity contribution in [3.8, 4) is 5.75 Å². The Bertz CT molecular complexity index is 608. The molecule has 1 amide bonds. The fraction of sp³-hybridized carbons (Fsp3) is 0.188. The Morgan fingerprint density at radius 3 is 2.50 bits per heavy atom. The molecule has 2 rings (SSSR count). The normalized spacial score (nSPS) is 10.2. The summed E-state index contributed by atoms with van der Waals surface area (Å²) >= 11 is 3.45. The Morgan fingerprint density at radius 1 is 1.20 bits per heavy atom. The Hall–Kier alpha value is -1.81. The third-order valence-electron chi connectivity index (χ3n) is 2.98. The summed E-state index contributed by atoms with van der Waals surface area (Å²) < 4.78 is 6.07. The van der Waals surface area contributed by atoms with Gasteiger partial charge in [-0.3, -0.25) is 4.79 Å². The lowest BCUT2D eigenvalue weighted by atomic mass is 10.1. The van der Waals surface area contributed by atoms with Gasteiger partial charge >= 0.3 is 0 Å². The average Bonchev–Trinajstić information content (AvgIpc) is 2.44. The van der Waals surface area contributed by atoms with E-state index in [1.165, 1.54) is 0 Å². The van der Waals surface area contributed by atoms with Crippen molar-refractivity contribution in [2.75, 3.05) is 12.4 Å². The van der Waals surface area contributed by atoms with E-state index in [-0.39, 0.29) is 5.91 Å². The number of anilines is 1. The number of carbonyl (C=O) groups excluding carboxylic acids is 1. The van der Waals surface area contributed by atoms with Crippen molar-refractivity contribution in [1.82, 2.24) is 0 Å². The second-order valence-corrected chi connectivity index (χ2v) is 5.39. The monoisotopic (exact) mass is 333 g/mol. The van der Waals surface area contributed by atoms with Crippen LogP contribution >= 0.6 is 15.9 Å². The van der Waals surface area contributed by atoms with Crippen LogP contribution in [-0.2, 0) is 11.2 Å². The van der Waals surface area contributed by atoms with Crippen LogP contribution in [-0.4, -0.2) is 13.0 Å². The van der Waals surface area contributed by atoms with Gasteiger partial charge in [0.15, 0.2) is 0 Å². The van der Waals surface area contributed by atoms with E-state index >= 15 is 0 Å². The molecule has 3 nitrogen and oxygen atoms in total. The number of amides is 1. The van der Waals surface area contributed by atoms with E-state index < -0.39 is 0 Å². The predicted molar refractivity (Wildman–Crippen MR) is 84.2 cm³/mol. The first-order valence-corrected chi connectivity index (χ1v) is 7.06. The van der Waals surface area contributed by atoms with Crippen LogP contribution in [0.15, 0.2) is 46.9 Å². The molecular weight excluding hydrogens is 318 g/mol. The Balaban J connectivity index is 1.99. The number of aryl methyl sites for hydroxylation is 1. The predicted octanol–water partition coefficient (Wildman–Crippen LogP) is 3.95. The summed E-state index contributed by atoms with van der Waals surface area (Å²) in [5.41, 5.74) is 2.88. The van der Waals surface area contributed by atoms with E-state index in [0.717, 1.165) is 27.0 Å². The lowest BCUT2D eigenvalue weighted by molar-refractivity contribution is -0.115. The molecule has 0 heterocycles. The SMILES string of the molecule is COc1ccc(CC(=O)Nc2ccc(C)c(Br)c2)cc1. The van der Waals surface area contributed by atoms with Crippen molar-refractivity contribution in [1.29, 1.82) is 0 Å². The van der Waals surface area contributed by atoms with Gasteiger partial charge in [0.1, 0.15) is 5.75 Å². The molecule has 0 saturated heterocycles. The van der Waals surface area contributed by atoms with Crippen LogP contribution in [0.25, 0.3) is 0 Å². The molecule has 1 N–H and O–H groups in total. The first-order valence-electron chi connectivity index (χ1n) is 6.27. The Labute approximate surface area is 127 Å². The molecule has 2 aromatic rings. The maximum atomic E-state index is 12.0. The second kappa shape index (κ2) is 6.57. The molecule has 0 radical (unpaired) electrons. The van der Waals surface area contributed by atoms with Crippen molar-refractivity contribution >= 4 is 27.5 Å². The molecule has 0 spiro atoms. The second-order valence-electron chi connectivity index (χ2n) is 4.54. The van der Waals surface area contributed by atoms with Crippen LogP contribution in [0, 0.1) is 6.92 Å². The Morgan fingerprint density at radius 2 is 1.90 bits per heavy atom. The van der Waals surface area contributed by atoms with Crippen LogP contribution in [0.2, 0.25) is 0 Å². The molecule has 0 bridgehead atoms. The highest BCUT2D eigenvalue weighted by Crippen LogP contribution is 2.21. The third-order valence-corrected chi connectivity index (χ3v) is 3.83. The van der Waals surface area contributed by atoms with Gasteiger partial charge in [0.2, 0.25) is 5.91 Å². The lowest BCUT2D eigenvalue weighted by Gasteiger charge is -2.07. The zero-order valence-corrected chi connectivity index (χ0v) is 13.0. The highest BCUT2D eigenvalue weighted by molar-refractivity contribution is 9.10. The minimum Gasteiger partial charge on any atom is -0.497 e. The minimum absolute atomic E-state index is 0.0362. The van der Waals surface area contributed by atoms with Crippen molar-refractivity contribution < 1.29 is 9.53 Å². The summed E-state index contributed by atoms with van der Waals surface area (Å²) in [6.07, 6.45) is 0.343. The molecule has 2 aromatic carbocycles. The molecular formula is C16H16BrNO2. The quantitative estimate of drug-likeness (QED) is 0.919. The van der Waals surface area contributed by atoms with E-state index in [2.05, 4.69) is 21.2 Å². The fourth-order valence-electron chi connectivity index (χ4n) is 1.80. The number of hydrogen-bond donors (Lipinski definition) is 1. The summed E-state index contributed by atoms with van der Waals surface area (Å²) in [6, 6.07) is 13.3. The number of benzene rings is 2. The zero-order chi connectivity index (χ0) is 14.5. The molecule has 104 valence electrons. The summed E-state index contributed by atoms with van der Waals surface area (Å²) in [5.74, 6) is 0.752. The number of methoxy groups -OCH3 is 1. The van der Waals surface area contributed by atoms with Gasteiger partial charge in [-0.15, -0.1) is 0 Å². The maximum absolute atomic E-state index is 12.0. The largest absolute Gasteiger partial charge is 0.497 e. The van der Waals surface area contributed by atoms with E-state index in [0.29, 0.717) is 6.42 Å². The lowest BCUT2D eigenvalue weighted by Crippen LogP contribution is -2.14. The number of halogens is 1. The maximum Gasteiger partial charge on any atom is 0.228 e. The first kappa shape index (κ1) is 14.6. The van der Waals surface area contributed by atoms with Crippen LogP contribution in [0.1, 0.15) is 11.1 Å². The van der Waals surface area contributed by atoms with Gasteiger partial charge in [-0.25, -0.2) is 0 Å². The van der Waals surface area contributed by atoms with Crippen molar-refractivity contribution in [2.45, 2.75) is 13.3 Å².